The Balaban J connectivity index is 2.27. The highest BCUT2D eigenvalue weighted by molar-refractivity contribution is 6.37. The molecule has 0 spiro atoms. The fourth-order valence-electron chi connectivity index (χ4n) is 2.22. The van der Waals surface area contributed by atoms with E-state index in [0.29, 0.717) is 10.0 Å². The van der Waals surface area contributed by atoms with Gasteiger partial charge in [-0.15, -0.1) is 0 Å². The second kappa shape index (κ2) is 4.75. The van der Waals surface area contributed by atoms with E-state index in [1.165, 1.54) is 0 Å². The first-order valence-corrected chi connectivity index (χ1v) is 6.83. The molecule has 1 aromatic carbocycles. The van der Waals surface area contributed by atoms with Crippen LogP contribution in [-0.4, -0.2) is 5.91 Å². The van der Waals surface area contributed by atoms with Gasteiger partial charge in [0.2, 0.25) is 5.91 Å². The fraction of sp³-hybridized carbons (Fsp3) is 0.500. The van der Waals surface area contributed by atoms with Gasteiger partial charge in [0.05, 0.1) is 16.6 Å². The molecule has 1 heterocycles. The van der Waals surface area contributed by atoms with E-state index in [2.05, 4.69) is 26.1 Å². The van der Waals surface area contributed by atoms with Gasteiger partial charge in [-0.05, 0) is 36.0 Å². The number of rotatable bonds is 2. The largest absolute Gasteiger partial charge is 0.324 e. The summed E-state index contributed by atoms with van der Waals surface area (Å²) in [5.74, 6) is -0.103. The number of halogens is 2. The third-order valence-corrected chi connectivity index (χ3v) is 3.72. The summed E-state index contributed by atoms with van der Waals surface area (Å²) in [7, 11) is 0. The Morgan fingerprint density at radius 3 is 2.56 bits per heavy atom. The van der Waals surface area contributed by atoms with E-state index in [9.17, 15) is 4.79 Å². The summed E-state index contributed by atoms with van der Waals surface area (Å²) in [6, 6.07) is 3.50. The number of benzene rings is 1. The lowest BCUT2D eigenvalue weighted by Gasteiger charge is -2.20. The minimum atomic E-state index is -0.129. The van der Waals surface area contributed by atoms with Gasteiger partial charge in [-0.25, -0.2) is 0 Å². The monoisotopic (exact) mass is 285 g/mol. The highest BCUT2D eigenvalue weighted by Gasteiger charge is 2.33. The van der Waals surface area contributed by atoms with Gasteiger partial charge in [-0.2, -0.15) is 0 Å². The molecule has 0 saturated carbocycles. The summed E-state index contributed by atoms with van der Waals surface area (Å²) < 4.78 is 0. The molecule has 1 unspecified atom stereocenters. The zero-order chi connectivity index (χ0) is 13.5. The van der Waals surface area contributed by atoms with Crippen molar-refractivity contribution in [3.8, 4) is 0 Å². The molecule has 0 aliphatic carbocycles. The molecule has 0 fully saturated rings. The Kier molecular flexibility index (Phi) is 3.61. The fourth-order valence-corrected chi connectivity index (χ4v) is 2.77. The highest BCUT2D eigenvalue weighted by Crippen LogP contribution is 2.42. The first-order chi connectivity index (χ1) is 8.28. The lowest BCUT2D eigenvalue weighted by Crippen LogP contribution is -2.15. The lowest BCUT2D eigenvalue weighted by atomic mass is 9.85. The second-order valence-corrected chi connectivity index (χ2v) is 6.84. The van der Waals surface area contributed by atoms with Crippen LogP contribution in [-0.2, 0) is 4.79 Å². The summed E-state index contributed by atoms with van der Waals surface area (Å²) in [5, 5.41) is 3.95. The molecule has 0 saturated heterocycles. The number of amides is 1. The maximum Gasteiger partial charge on any atom is 0.232 e. The predicted molar refractivity (Wildman–Crippen MR) is 76.5 cm³/mol. The van der Waals surface area contributed by atoms with E-state index in [0.717, 1.165) is 24.1 Å². The Labute approximate surface area is 118 Å². The van der Waals surface area contributed by atoms with Crippen LogP contribution in [0.1, 0.15) is 45.1 Å². The van der Waals surface area contributed by atoms with Crippen LogP contribution in [0.5, 0.6) is 0 Å². The molecule has 1 aromatic rings. The van der Waals surface area contributed by atoms with Crippen molar-refractivity contribution in [3.05, 3.63) is 27.7 Å². The van der Waals surface area contributed by atoms with Crippen molar-refractivity contribution >= 4 is 34.8 Å². The summed E-state index contributed by atoms with van der Waals surface area (Å²) in [6.45, 7) is 6.52. The molecule has 4 heteroatoms. The van der Waals surface area contributed by atoms with Crippen LogP contribution in [0.15, 0.2) is 12.1 Å². The van der Waals surface area contributed by atoms with Crippen LogP contribution < -0.4 is 5.32 Å². The van der Waals surface area contributed by atoms with Gasteiger partial charge in [0, 0.05) is 5.02 Å². The Hall–Kier alpha value is -0.730. The SMILES string of the molecule is CC(C)(C)CCC1C(=O)Nc2c(Cl)cc(Cl)cc21. The van der Waals surface area contributed by atoms with Crippen LogP contribution >= 0.6 is 23.2 Å². The molecule has 18 heavy (non-hydrogen) atoms. The second-order valence-electron chi connectivity index (χ2n) is 5.99. The number of hydrogen-bond donors (Lipinski definition) is 1. The van der Waals surface area contributed by atoms with Crippen molar-refractivity contribution < 1.29 is 4.79 Å². The summed E-state index contributed by atoms with van der Waals surface area (Å²) in [6.07, 6.45) is 1.80. The van der Waals surface area contributed by atoms with Crippen LogP contribution in [0.3, 0.4) is 0 Å². The maximum absolute atomic E-state index is 12.0. The highest BCUT2D eigenvalue weighted by atomic mass is 35.5. The zero-order valence-corrected chi connectivity index (χ0v) is 12.3. The average Bonchev–Trinajstić information content (AvgIpc) is 2.51. The number of carbonyl (C=O) groups is 1. The van der Waals surface area contributed by atoms with Gasteiger partial charge in [0.25, 0.3) is 0 Å². The molecular formula is C14H17Cl2NO. The van der Waals surface area contributed by atoms with Gasteiger partial charge in [0.1, 0.15) is 0 Å². The Morgan fingerprint density at radius 1 is 1.28 bits per heavy atom. The topological polar surface area (TPSA) is 29.1 Å². The third kappa shape index (κ3) is 2.81. The predicted octanol–water partition coefficient (Wildman–Crippen LogP) is 4.86. The van der Waals surface area contributed by atoms with E-state index in [1.54, 1.807) is 6.07 Å². The van der Waals surface area contributed by atoms with Crippen LogP contribution in [0.4, 0.5) is 5.69 Å². The van der Waals surface area contributed by atoms with E-state index in [4.69, 9.17) is 23.2 Å². The number of nitrogens with one attached hydrogen (secondary N) is 1. The Morgan fingerprint density at radius 2 is 1.94 bits per heavy atom. The molecule has 0 aromatic heterocycles. The van der Waals surface area contributed by atoms with Crippen LogP contribution in [0.25, 0.3) is 0 Å². The van der Waals surface area contributed by atoms with Gasteiger partial charge in [0.15, 0.2) is 0 Å². The quantitative estimate of drug-likeness (QED) is 0.826. The summed E-state index contributed by atoms with van der Waals surface area (Å²) >= 11 is 12.1. The van der Waals surface area contributed by atoms with Crippen molar-refractivity contribution in [2.75, 3.05) is 5.32 Å². The van der Waals surface area contributed by atoms with E-state index in [-0.39, 0.29) is 17.2 Å². The molecule has 2 rings (SSSR count). The minimum absolute atomic E-state index is 0.0263. The number of fused-ring (bicyclic) bond motifs is 1. The Bertz CT molecular complexity index is 491. The van der Waals surface area contributed by atoms with Crippen molar-refractivity contribution in [2.24, 2.45) is 5.41 Å². The molecule has 1 aliphatic rings. The first-order valence-electron chi connectivity index (χ1n) is 6.08. The zero-order valence-electron chi connectivity index (χ0n) is 10.8. The van der Waals surface area contributed by atoms with Crippen molar-refractivity contribution in [1.29, 1.82) is 0 Å². The number of hydrogen-bond acceptors (Lipinski definition) is 1. The molecule has 98 valence electrons. The van der Waals surface area contributed by atoms with E-state index in [1.807, 2.05) is 6.07 Å². The molecule has 1 aliphatic heterocycles. The standard InChI is InChI=1S/C14H17Cl2NO/c1-14(2,3)5-4-9-10-6-8(15)7-11(16)12(10)17-13(9)18/h6-7,9H,4-5H2,1-3H3,(H,17,18). The number of anilines is 1. The molecule has 1 amide bonds. The van der Waals surface area contributed by atoms with Gasteiger partial charge in [-0.1, -0.05) is 44.0 Å². The van der Waals surface area contributed by atoms with Gasteiger partial charge >= 0.3 is 0 Å². The van der Waals surface area contributed by atoms with Crippen LogP contribution in [0, 0.1) is 5.41 Å². The summed E-state index contributed by atoms with van der Waals surface area (Å²) in [4.78, 5) is 12.0. The lowest BCUT2D eigenvalue weighted by molar-refractivity contribution is -0.117. The normalized spacial score (nSPS) is 18.7. The van der Waals surface area contributed by atoms with E-state index >= 15 is 0 Å². The molecular weight excluding hydrogens is 269 g/mol. The summed E-state index contributed by atoms with van der Waals surface area (Å²) in [5.41, 5.74) is 1.87. The molecule has 2 nitrogen and oxygen atoms in total. The molecule has 0 bridgehead atoms. The molecule has 1 N–H and O–H groups in total. The van der Waals surface area contributed by atoms with Crippen LogP contribution in [0.2, 0.25) is 10.0 Å². The maximum atomic E-state index is 12.0. The van der Waals surface area contributed by atoms with E-state index < -0.39 is 0 Å². The average molecular weight is 286 g/mol. The number of carbonyl (C=O) groups excluding carboxylic acids is 1. The third-order valence-electron chi connectivity index (χ3n) is 3.21. The smallest absolute Gasteiger partial charge is 0.232 e. The first kappa shape index (κ1) is 13.7. The minimum Gasteiger partial charge on any atom is -0.324 e. The van der Waals surface area contributed by atoms with Crippen molar-refractivity contribution in [1.82, 2.24) is 0 Å². The molecule has 0 radical (unpaired) electrons. The van der Waals surface area contributed by atoms with Gasteiger partial charge < -0.3 is 5.32 Å². The van der Waals surface area contributed by atoms with Crippen molar-refractivity contribution in [2.45, 2.75) is 39.5 Å². The van der Waals surface area contributed by atoms with Gasteiger partial charge in [-0.3, -0.25) is 4.79 Å². The van der Waals surface area contributed by atoms with Crippen molar-refractivity contribution in [3.63, 3.8) is 0 Å². The molecule has 1 atom stereocenters.